The predicted octanol–water partition coefficient (Wildman–Crippen LogP) is 5.07. The number of hydrogen-bond acceptors (Lipinski definition) is 6. The van der Waals surface area contributed by atoms with Gasteiger partial charge in [0.1, 0.15) is 0 Å². The molecule has 0 aliphatic carbocycles. The summed E-state index contributed by atoms with van der Waals surface area (Å²) in [5, 5.41) is 1.16. The van der Waals surface area contributed by atoms with Gasteiger partial charge in [-0.1, -0.05) is 35.1 Å². The summed E-state index contributed by atoms with van der Waals surface area (Å²) in [5.74, 6) is -0.118. The van der Waals surface area contributed by atoms with Crippen molar-refractivity contribution in [1.82, 2.24) is 9.88 Å². The van der Waals surface area contributed by atoms with Crippen LogP contribution < -0.4 is 4.90 Å². The van der Waals surface area contributed by atoms with E-state index in [0.717, 1.165) is 43.1 Å². The number of thiazole rings is 1. The second-order valence-electron chi connectivity index (χ2n) is 6.72. The van der Waals surface area contributed by atoms with Crippen LogP contribution in [0.2, 0.25) is 5.02 Å². The molecule has 5 nitrogen and oxygen atoms in total. The Labute approximate surface area is 195 Å². The summed E-state index contributed by atoms with van der Waals surface area (Å²) in [7, 11) is 0. The number of hydrogen-bond donors (Lipinski definition) is 0. The molecule has 30 heavy (non-hydrogen) atoms. The molecule has 0 atom stereocenters. The van der Waals surface area contributed by atoms with Crippen molar-refractivity contribution in [2.75, 3.05) is 50.5 Å². The lowest BCUT2D eigenvalue weighted by Gasteiger charge is -2.29. The molecule has 9 heteroatoms. The highest BCUT2D eigenvalue weighted by molar-refractivity contribution is 7.98. The maximum absolute atomic E-state index is 13.4. The van der Waals surface area contributed by atoms with Crippen molar-refractivity contribution < 1.29 is 9.53 Å². The molecule has 1 aliphatic heterocycles. The summed E-state index contributed by atoms with van der Waals surface area (Å²) >= 11 is 9.57. The number of carbonyl (C=O) groups excluding carboxylic acids is 1. The number of benzene rings is 2. The van der Waals surface area contributed by atoms with Crippen molar-refractivity contribution in [2.45, 2.75) is 4.90 Å². The van der Waals surface area contributed by atoms with Crippen molar-refractivity contribution in [2.24, 2.45) is 0 Å². The number of morpholine rings is 1. The third-order valence-corrected chi connectivity index (χ3v) is 7.00. The maximum Gasteiger partial charge on any atom is 0.261 e. The number of anilines is 1. The van der Waals surface area contributed by atoms with Crippen LogP contribution in [0, 0.1) is 0 Å². The summed E-state index contributed by atoms with van der Waals surface area (Å²) in [6.45, 7) is 4.55. The van der Waals surface area contributed by atoms with Crippen LogP contribution in [-0.2, 0) is 4.74 Å². The molecule has 4 rings (SSSR count). The van der Waals surface area contributed by atoms with E-state index in [9.17, 15) is 4.79 Å². The second-order valence-corrected chi connectivity index (χ2v) is 9.02. The Kier molecular flexibility index (Phi) is 8.39. The molecule has 0 saturated carbocycles. The topological polar surface area (TPSA) is 45.7 Å². The van der Waals surface area contributed by atoms with E-state index in [1.807, 2.05) is 18.2 Å². The molecule has 160 valence electrons. The van der Waals surface area contributed by atoms with Gasteiger partial charge in [0, 0.05) is 31.1 Å². The SMILES string of the molecule is CSc1ccc2nc(N(CCN3CCOCC3)C(=O)c3ccccc3Cl)sc2c1.Cl. The largest absolute Gasteiger partial charge is 0.379 e. The van der Waals surface area contributed by atoms with Crippen molar-refractivity contribution >= 4 is 68.4 Å². The molecule has 3 aromatic rings. The van der Waals surface area contributed by atoms with Gasteiger partial charge in [-0.3, -0.25) is 14.6 Å². The lowest BCUT2D eigenvalue weighted by Crippen LogP contribution is -2.43. The average molecular weight is 484 g/mol. The van der Waals surface area contributed by atoms with Gasteiger partial charge in [0.25, 0.3) is 5.91 Å². The Balaban J connectivity index is 0.00000256. The summed E-state index contributed by atoms with van der Waals surface area (Å²) < 4.78 is 6.51. The first-order valence-corrected chi connectivity index (χ1v) is 11.9. The zero-order valence-corrected chi connectivity index (χ0v) is 19.8. The molecule has 1 aromatic heterocycles. The van der Waals surface area contributed by atoms with Gasteiger partial charge >= 0.3 is 0 Å². The van der Waals surface area contributed by atoms with E-state index < -0.39 is 0 Å². The van der Waals surface area contributed by atoms with Crippen LogP contribution >= 0.6 is 47.1 Å². The minimum Gasteiger partial charge on any atom is -0.379 e. The van der Waals surface area contributed by atoms with E-state index in [1.165, 1.54) is 4.90 Å². The zero-order valence-electron chi connectivity index (χ0n) is 16.5. The molecular formula is C21H23Cl2N3O2S2. The van der Waals surface area contributed by atoms with E-state index in [2.05, 4.69) is 23.3 Å². The Morgan fingerprint density at radius 2 is 2.03 bits per heavy atom. The fraction of sp³-hybridized carbons (Fsp3) is 0.333. The quantitative estimate of drug-likeness (QED) is 0.457. The van der Waals surface area contributed by atoms with Gasteiger partial charge in [0.2, 0.25) is 0 Å². The maximum atomic E-state index is 13.4. The first kappa shape index (κ1) is 23.3. The Morgan fingerprint density at radius 1 is 1.27 bits per heavy atom. The molecule has 0 unspecified atom stereocenters. The molecule has 2 aromatic carbocycles. The van der Waals surface area contributed by atoms with Gasteiger partial charge in [-0.25, -0.2) is 4.98 Å². The summed E-state index contributed by atoms with van der Waals surface area (Å²) in [5.41, 5.74) is 1.41. The van der Waals surface area contributed by atoms with Gasteiger partial charge in [0.05, 0.1) is 34.0 Å². The van der Waals surface area contributed by atoms with Gasteiger partial charge in [-0.05, 0) is 36.6 Å². The van der Waals surface area contributed by atoms with Gasteiger partial charge in [0.15, 0.2) is 5.13 Å². The smallest absolute Gasteiger partial charge is 0.261 e. The number of carbonyl (C=O) groups is 1. The van der Waals surface area contributed by atoms with E-state index in [4.69, 9.17) is 21.3 Å². The van der Waals surface area contributed by atoms with Crippen molar-refractivity contribution in [3.63, 3.8) is 0 Å². The van der Waals surface area contributed by atoms with Crippen LogP contribution in [0.4, 0.5) is 5.13 Å². The number of halogens is 2. The number of aromatic nitrogens is 1. The average Bonchev–Trinajstić information content (AvgIpc) is 3.17. The molecule has 0 N–H and O–H groups in total. The van der Waals surface area contributed by atoms with Crippen LogP contribution in [0.3, 0.4) is 0 Å². The zero-order chi connectivity index (χ0) is 20.2. The minimum absolute atomic E-state index is 0. The summed E-state index contributed by atoms with van der Waals surface area (Å²) in [4.78, 5) is 23.4. The number of fused-ring (bicyclic) bond motifs is 1. The molecule has 1 aliphatic rings. The summed E-state index contributed by atoms with van der Waals surface area (Å²) in [6, 6.07) is 13.4. The Hall–Kier alpha value is -1.35. The normalized spacial score (nSPS) is 14.5. The van der Waals surface area contributed by atoms with Crippen LogP contribution in [0.25, 0.3) is 10.2 Å². The van der Waals surface area contributed by atoms with E-state index in [0.29, 0.717) is 22.3 Å². The first-order valence-electron chi connectivity index (χ1n) is 9.47. The minimum atomic E-state index is -0.118. The van der Waals surface area contributed by atoms with Crippen molar-refractivity contribution in [1.29, 1.82) is 0 Å². The van der Waals surface area contributed by atoms with Gasteiger partial charge in [-0.2, -0.15) is 0 Å². The lowest BCUT2D eigenvalue weighted by molar-refractivity contribution is 0.0391. The Bertz CT molecular complexity index is 1010. The van der Waals surface area contributed by atoms with E-state index in [-0.39, 0.29) is 18.3 Å². The highest BCUT2D eigenvalue weighted by atomic mass is 35.5. The fourth-order valence-electron chi connectivity index (χ4n) is 3.27. The molecule has 2 heterocycles. The third kappa shape index (κ3) is 5.28. The van der Waals surface area contributed by atoms with Crippen LogP contribution in [0.1, 0.15) is 10.4 Å². The van der Waals surface area contributed by atoms with Gasteiger partial charge < -0.3 is 4.74 Å². The van der Waals surface area contributed by atoms with Crippen molar-refractivity contribution in [3.8, 4) is 0 Å². The summed E-state index contributed by atoms with van der Waals surface area (Å²) in [6.07, 6.45) is 2.05. The lowest BCUT2D eigenvalue weighted by atomic mass is 10.2. The molecule has 1 fully saturated rings. The second kappa shape index (κ2) is 10.8. The number of nitrogens with zero attached hydrogens (tertiary/aromatic N) is 3. The highest BCUT2D eigenvalue weighted by Gasteiger charge is 2.24. The van der Waals surface area contributed by atoms with Crippen molar-refractivity contribution in [3.05, 3.63) is 53.1 Å². The highest BCUT2D eigenvalue weighted by Crippen LogP contribution is 2.33. The number of thioether (sulfide) groups is 1. The van der Waals surface area contributed by atoms with Gasteiger partial charge in [-0.15, -0.1) is 24.2 Å². The number of rotatable bonds is 6. The third-order valence-electron chi connectivity index (χ3n) is 4.91. The first-order chi connectivity index (χ1) is 14.2. The monoisotopic (exact) mass is 483 g/mol. The Morgan fingerprint density at radius 3 is 2.77 bits per heavy atom. The van der Waals surface area contributed by atoms with E-state index in [1.54, 1.807) is 40.1 Å². The molecule has 1 amide bonds. The number of amides is 1. The molecule has 0 bridgehead atoms. The van der Waals surface area contributed by atoms with E-state index >= 15 is 0 Å². The predicted molar refractivity (Wildman–Crippen MR) is 129 cm³/mol. The standard InChI is InChI=1S/C21H22ClN3O2S2.ClH/c1-28-15-6-7-18-19(14-15)29-21(23-18)25(9-8-24-10-12-27-13-11-24)20(26)16-4-2-3-5-17(16)22;/h2-7,14H,8-13H2,1H3;1H. The van der Waals surface area contributed by atoms with Crippen LogP contribution in [0.15, 0.2) is 47.4 Å². The van der Waals surface area contributed by atoms with Crippen LogP contribution in [-0.4, -0.2) is 61.4 Å². The van der Waals surface area contributed by atoms with Crippen LogP contribution in [0.5, 0.6) is 0 Å². The fourth-order valence-corrected chi connectivity index (χ4v) is 5.03. The molecule has 1 saturated heterocycles. The molecule has 0 spiro atoms. The molecular weight excluding hydrogens is 461 g/mol. The molecule has 0 radical (unpaired) electrons. The number of ether oxygens (including phenoxy) is 1.